The molecule has 2 rings (SSSR count). The molecule has 0 saturated heterocycles. The Hall–Kier alpha value is -1.22. The first-order valence-electron chi connectivity index (χ1n) is 6.89. The summed E-state index contributed by atoms with van der Waals surface area (Å²) in [6, 6.07) is 11.6. The predicted molar refractivity (Wildman–Crippen MR) is 89.7 cm³/mol. The van der Waals surface area contributed by atoms with Crippen molar-refractivity contribution < 1.29 is 4.74 Å². The highest BCUT2D eigenvalue weighted by Gasteiger charge is 2.20. The van der Waals surface area contributed by atoms with Gasteiger partial charge in [0.15, 0.2) is 0 Å². The molecule has 0 saturated carbocycles. The van der Waals surface area contributed by atoms with Gasteiger partial charge in [0.2, 0.25) is 0 Å². The van der Waals surface area contributed by atoms with E-state index in [2.05, 4.69) is 18.3 Å². The fourth-order valence-corrected chi connectivity index (χ4v) is 2.91. The quantitative estimate of drug-likeness (QED) is 0.835. The fourth-order valence-electron chi connectivity index (χ4n) is 2.39. The molecule has 2 aromatic rings. The molecule has 0 aliphatic rings. The first kappa shape index (κ1) is 16.2. The van der Waals surface area contributed by atoms with Gasteiger partial charge in [0.05, 0.1) is 13.2 Å². The lowest BCUT2D eigenvalue weighted by Crippen LogP contribution is -2.23. The second kappa shape index (κ2) is 7.17. The summed E-state index contributed by atoms with van der Waals surface area (Å²) in [5, 5.41) is 4.87. The molecule has 0 fully saturated rings. The Morgan fingerprint density at radius 2 is 1.86 bits per heavy atom. The van der Waals surface area contributed by atoms with Crippen molar-refractivity contribution in [2.24, 2.45) is 0 Å². The highest BCUT2D eigenvalue weighted by atomic mass is 35.5. The molecule has 1 N–H and O–H groups in total. The average Bonchev–Trinajstić information content (AvgIpc) is 2.45. The van der Waals surface area contributed by atoms with Crippen molar-refractivity contribution in [3.05, 3.63) is 63.1 Å². The number of ether oxygens (including phenoxy) is 1. The van der Waals surface area contributed by atoms with Gasteiger partial charge < -0.3 is 10.1 Å². The van der Waals surface area contributed by atoms with E-state index in [1.54, 1.807) is 7.11 Å². The molecule has 1 atom stereocenters. The number of nitrogens with one attached hydrogen (secondary N) is 1. The van der Waals surface area contributed by atoms with Gasteiger partial charge >= 0.3 is 0 Å². The van der Waals surface area contributed by atoms with Gasteiger partial charge in [0.1, 0.15) is 5.75 Å². The van der Waals surface area contributed by atoms with Crippen LogP contribution in [0, 0.1) is 6.92 Å². The summed E-state index contributed by atoms with van der Waals surface area (Å²) in [7, 11) is 1.66. The first-order chi connectivity index (χ1) is 10.1. The largest absolute Gasteiger partial charge is 0.496 e. The van der Waals surface area contributed by atoms with E-state index in [1.807, 2.05) is 37.3 Å². The van der Waals surface area contributed by atoms with Gasteiger partial charge in [-0.05, 0) is 48.9 Å². The van der Waals surface area contributed by atoms with E-state index in [0.29, 0.717) is 5.02 Å². The SMILES string of the molecule is CCNC(c1ccc(C)cc1Cl)c1cc(Cl)ccc1OC. The Bertz CT molecular complexity index is 628. The molecular formula is C17H19Cl2NO. The first-order valence-corrected chi connectivity index (χ1v) is 7.65. The van der Waals surface area contributed by atoms with Crippen molar-refractivity contribution in [1.29, 1.82) is 0 Å². The minimum atomic E-state index is -0.0586. The topological polar surface area (TPSA) is 21.3 Å². The van der Waals surface area contributed by atoms with Crippen LogP contribution in [0.15, 0.2) is 36.4 Å². The van der Waals surface area contributed by atoms with E-state index in [1.165, 1.54) is 0 Å². The Morgan fingerprint density at radius 3 is 2.48 bits per heavy atom. The van der Waals surface area contributed by atoms with Crippen molar-refractivity contribution in [3.8, 4) is 5.75 Å². The third-order valence-corrected chi connectivity index (χ3v) is 3.94. The summed E-state index contributed by atoms with van der Waals surface area (Å²) < 4.78 is 5.47. The van der Waals surface area contributed by atoms with Crippen molar-refractivity contribution >= 4 is 23.2 Å². The van der Waals surface area contributed by atoms with E-state index in [9.17, 15) is 0 Å². The van der Waals surface area contributed by atoms with Crippen LogP contribution >= 0.6 is 23.2 Å². The molecule has 0 bridgehead atoms. The van der Waals surface area contributed by atoms with Crippen LogP contribution in [-0.2, 0) is 0 Å². The van der Waals surface area contributed by atoms with E-state index in [-0.39, 0.29) is 6.04 Å². The van der Waals surface area contributed by atoms with Gasteiger partial charge in [0.25, 0.3) is 0 Å². The van der Waals surface area contributed by atoms with E-state index >= 15 is 0 Å². The molecule has 2 aromatic carbocycles. The molecule has 21 heavy (non-hydrogen) atoms. The van der Waals surface area contributed by atoms with Gasteiger partial charge in [-0.2, -0.15) is 0 Å². The van der Waals surface area contributed by atoms with Gasteiger partial charge in [-0.15, -0.1) is 0 Å². The molecule has 1 unspecified atom stereocenters. The summed E-state index contributed by atoms with van der Waals surface area (Å²) in [5.74, 6) is 0.794. The lowest BCUT2D eigenvalue weighted by molar-refractivity contribution is 0.404. The van der Waals surface area contributed by atoms with Crippen molar-refractivity contribution in [3.63, 3.8) is 0 Å². The van der Waals surface area contributed by atoms with Crippen molar-refractivity contribution in [1.82, 2.24) is 5.32 Å². The molecule has 0 radical (unpaired) electrons. The fraction of sp³-hybridized carbons (Fsp3) is 0.294. The minimum Gasteiger partial charge on any atom is -0.496 e. The second-order valence-corrected chi connectivity index (χ2v) is 5.75. The number of aryl methyl sites for hydroxylation is 1. The molecule has 112 valence electrons. The highest BCUT2D eigenvalue weighted by molar-refractivity contribution is 6.31. The smallest absolute Gasteiger partial charge is 0.124 e. The lowest BCUT2D eigenvalue weighted by atomic mass is 9.96. The molecule has 0 aromatic heterocycles. The molecule has 4 heteroatoms. The predicted octanol–water partition coefficient (Wildman–Crippen LogP) is 5.01. The maximum absolute atomic E-state index is 6.43. The highest BCUT2D eigenvalue weighted by Crippen LogP contribution is 2.35. The van der Waals surface area contributed by atoms with Crippen LogP contribution in [0.1, 0.15) is 29.7 Å². The van der Waals surface area contributed by atoms with Gasteiger partial charge in [-0.3, -0.25) is 0 Å². The summed E-state index contributed by atoms with van der Waals surface area (Å²) in [4.78, 5) is 0. The van der Waals surface area contributed by atoms with Crippen LogP contribution in [-0.4, -0.2) is 13.7 Å². The molecule has 0 aliphatic heterocycles. The molecular weight excluding hydrogens is 305 g/mol. The summed E-state index contributed by atoms with van der Waals surface area (Å²) in [5.41, 5.74) is 3.14. The van der Waals surface area contributed by atoms with Crippen LogP contribution in [0.5, 0.6) is 5.75 Å². The summed E-state index contributed by atoms with van der Waals surface area (Å²) in [6.45, 7) is 4.90. The Morgan fingerprint density at radius 1 is 1.10 bits per heavy atom. The molecule has 0 aliphatic carbocycles. The Kier molecular flexibility index (Phi) is 5.51. The third kappa shape index (κ3) is 3.70. The lowest BCUT2D eigenvalue weighted by Gasteiger charge is -2.22. The monoisotopic (exact) mass is 323 g/mol. The van der Waals surface area contributed by atoms with Crippen molar-refractivity contribution in [2.75, 3.05) is 13.7 Å². The van der Waals surface area contributed by atoms with Crippen molar-refractivity contribution in [2.45, 2.75) is 19.9 Å². The maximum Gasteiger partial charge on any atom is 0.124 e. The van der Waals surface area contributed by atoms with Crippen LogP contribution < -0.4 is 10.1 Å². The minimum absolute atomic E-state index is 0.0586. The summed E-state index contributed by atoms with van der Waals surface area (Å²) >= 11 is 12.6. The average molecular weight is 324 g/mol. The zero-order chi connectivity index (χ0) is 15.4. The number of hydrogen-bond donors (Lipinski definition) is 1. The second-order valence-electron chi connectivity index (χ2n) is 4.90. The molecule has 0 heterocycles. The van der Waals surface area contributed by atoms with Gasteiger partial charge in [0, 0.05) is 15.6 Å². The number of rotatable bonds is 5. The number of hydrogen-bond acceptors (Lipinski definition) is 2. The zero-order valence-electron chi connectivity index (χ0n) is 12.4. The van der Waals surface area contributed by atoms with E-state index < -0.39 is 0 Å². The third-order valence-electron chi connectivity index (χ3n) is 3.38. The van der Waals surface area contributed by atoms with Gasteiger partial charge in [-0.25, -0.2) is 0 Å². The van der Waals surface area contributed by atoms with Crippen LogP contribution in [0.3, 0.4) is 0 Å². The molecule has 0 spiro atoms. The normalized spacial score (nSPS) is 12.2. The maximum atomic E-state index is 6.43. The Labute approximate surface area is 136 Å². The van der Waals surface area contributed by atoms with Crippen LogP contribution in [0.2, 0.25) is 10.0 Å². The zero-order valence-corrected chi connectivity index (χ0v) is 13.9. The standard InChI is InChI=1S/C17H19Cl2NO/c1-4-20-17(13-7-5-11(2)9-15(13)19)14-10-12(18)6-8-16(14)21-3/h5-10,17,20H,4H2,1-3H3. The number of halogens is 2. The van der Waals surface area contributed by atoms with Crippen LogP contribution in [0.4, 0.5) is 0 Å². The van der Waals surface area contributed by atoms with Gasteiger partial charge in [-0.1, -0.05) is 42.3 Å². The number of methoxy groups -OCH3 is 1. The van der Waals surface area contributed by atoms with E-state index in [4.69, 9.17) is 27.9 Å². The summed E-state index contributed by atoms with van der Waals surface area (Å²) in [6.07, 6.45) is 0. The number of benzene rings is 2. The van der Waals surface area contributed by atoms with E-state index in [0.717, 1.165) is 34.0 Å². The van der Waals surface area contributed by atoms with Crippen LogP contribution in [0.25, 0.3) is 0 Å². The molecule has 0 amide bonds. The molecule has 2 nitrogen and oxygen atoms in total. The Balaban J connectivity index is 2.55.